The van der Waals surface area contributed by atoms with Crippen molar-refractivity contribution >= 4 is 11.9 Å². The van der Waals surface area contributed by atoms with Gasteiger partial charge in [0.1, 0.15) is 6.04 Å². The number of aryl methyl sites for hydroxylation is 1. The number of hydrogen-bond donors (Lipinski definition) is 1. The lowest BCUT2D eigenvalue weighted by Crippen LogP contribution is -2.32. The van der Waals surface area contributed by atoms with Crippen LogP contribution in [0.3, 0.4) is 0 Å². The second-order valence-corrected chi connectivity index (χ2v) is 5.61. The number of hydrogen-bond acceptors (Lipinski definition) is 2. The van der Waals surface area contributed by atoms with E-state index in [1.165, 1.54) is 4.90 Å². The van der Waals surface area contributed by atoms with Crippen LogP contribution in [-0.2, 0) is 17.8 Å². The van der Waals surface area contributed by atoms with Crippen molar-refractivity contribution in [2.75, 3.05) is 0 Å². The molecule has 1 unspecified atom stereocenters. The lowest BCUT2D eigenvalue weighted by atomic mass is 10.1. The van der Waals surface area contributed by atoms with Gasteiger partial charge in [-0.15, -0.1) is 0 Å². The highest BCUT2D eigenvalue weighted by Gasteiger charge is 2.37. The van der Waals surface area contributed by atoms with E-state index in [9.17, 15) is 9.59 Å². The molecule has 1 saturated heterocycles. The number of benzene rings is 2. The topological polar surface area (TPSA) is 49.4 Å². The molecule has 2 aromatic carbocycles. The molecule has 1 aliphatic heterocycles. The molecule has 1 fully saturated rings. The van der Waals surface area contributed by atoms with Gasteiger partial charge in [-0.2, -0.15) is 0 Å². The summed E-state index contributed by atoms with van der Waals surface area (Å²) in [6.45, 7) is 2.31. The maximum Gasteiger partial charge on any atom is 0.325 e. The van der Waals surface area contributed by atoms with Gasteiger partial charge in [0.2, 0.25) is 0 Å². The molecule has 0 radical (unpaired) electrons. The van der Waals surface area contributed by atoms with Crippen molar-refractivity contribution in [3.8, 4) is 0 Å². The third-order valence-electron chi connectivity index (χ3n) is 3.81. The first-order valence-electron chi connectivity index (χ1n) is 7.35. The zero-order chi connectivity index (χ0) is 15.5. The zero-order valence-electron chi connectivity index (χ0n) is 12.5. The summed E-state index contributed by atoms with van der Waals surface area (Å²) in [6, 6.07) is 16.8. The van der Waals surface area contributed by atoms with E-state index >= 15 is 0 Å². The number of amides is 3. The van der Waals surface area contributed by atoms with Gasteiger partial charge in [-0.25, -0.2) is 4.79 Å². The van der Waals surface area contributed by atoms with Gasteiger partial charge in [-0.05, 0) is 18.1 Å². The number of nitrogens with one attached hydrogen (secondary N) is 1. The Bertz CT molecular complexity index is 697. The molecule has 3 rings (SSSR count). The van der Waals surface area contributed by atoms with Crippen LogP contribution < -0.4 is 5.32 Å². The predicted molar refractivity (Wildman–Crippen MR) is 84.2 cm³/mol. The van der Waals surface area contributed by atoms with Crippen LogP contribution in [0, 0.1) is 6.92 Å². The highest BCUT2D eigenvalue weighted by atomic mass is 16.2. The van der Waals surface area contributed by atoms with Gasteiger partial charge in [0.25, 0.3) is 5.91 Å². The second kappa shape index (κ2) is 6.02. The standard InChI is InChI=1S/C18H18N2O2/c1-13-6-5-9-15(10-13)12-20-17(21)16(19-18(20)22)11-14-7-3-2-4-8-14/h2-10,16H,11-12H2,1H3,(H,19,22). The molecule has 0 saturated carbocycles. The molecule has 0 spiro atoms. The molecular weight excluding hydrogens is 276 g/mol. The lowest BCUT2D eigenvalue weighted by Gasteiger charge is -2.13. The minimum Gasteiger partial charge on any atom is -0.325 e. The predicted octanol–water partition coefficient (Wildman–Crippen LogP) is 2.66. The first-order valence-corrected chi connectivity index (χ1v) is 7.35. The fraction of sp³-hybridized carbons (Fsp3) is 0.222. The lowest BCUT2D eigenvalue weighted by molar-refractivity contribution is -0.127. The largest absolute Gasteiger partial charge is 0.325 e. The summed E-state index contributed by atoms with van der Waals surface area (Å²) in [6.07, 6.45) is 0.524. The minimum atomic E-state index is -0.472. The summed E-state index contributed by atoms with van der Waals surface area (Å²) < 4.78 is 0. The van der Waals surface area contributed by atoms with Crippen molar-refractivity contribution in [1.29, 1.82) is 0 Å². The van der Waals surface area contributed by atoms with E-state index in [4.69, 9.17) is 0 Å². The van der Waals surface area contributed by atoms with Crippen LogP contribution in [0.25, 0.3) is 0 Å². The maximum absolute atomic E-state index is 12.5. The Balaban J connectivity index is 1.71. The molecule has 0 bridgehead atoms. The molecule has 4 nitrogen and oxygen atoms in total. The summed E-state index contributed by atoms with van der Waals surface area (Å²) in [5.74, 6) is -0.157. The van der Waals surface area contributed by atoms with Crippen LogP contribution in [-0.4, -0.2) is 22.9 Å². The molecule has 1 atom stereocenters. The van der Waals surface area contributed by atoms with Crippen LogP contribution in [0.4, 0.5) is 4.79 Å². The second-order valence-electron chi connectivity index (χ2n) is 5.61. The van der Waals surface area contributed by atoms with Crippen molar-refractivity contribution < 1.29 is 9.59 Å². The van der Waals surface area contributed by atoms with Crippen LogP contribution in [0.5, 0.6) is 0 Å². The molecule has 2 aromatic rings. The first kappa shape index (κ1) is 14.3. The number of carbonyl (C=O) groups is 2. The smallest absolute Gasteiger partial charge is 0.325 e. The van der Waals surface area contributed by atoms with Crippen molar-refractivity contribution in [2.45, 2.75) is 25.9 Å². The molecule has 22 heavy (non-hydrogen) atoms. The summed E-state index contributed by atoms with van der Waals surface area (Å²) in [5, 5.41) is 2.77. The molecule has 1 N–H and O–H groups in total. The highest BCUT2D eigenvalue weighted by molar-refractivity contribution is 6.04. The Morgan fingerprint density at radius 1 is 1.00 bits per heavy atom. The Kier molecular flexibility index (Phi) is 3.92. The van der Waals surface area contributed by atoms with E-state index in [0.717, 1.165) is 16.7 Å². The van der Waals surface area contributed by atoms with Crippen LogP contribution in [0.2, 0.25) is 0 Å². The summed E-state index contributed by atoms with van der Waals surface area (Å²) in [4.78, 5) is 25.8. The van der Waals surface area contributed by atoms with E-state index in [-0.39, 0.29) is 11.9 Å². The van der Waals surface area contributed by atoms with Gasteiger partial charge >= 0.3 is 6.03 Å². The van der Waals surface area contributed by atoms with Crippen LogP contribution >= 0.6 is 0 Å². The monoisotopic (exact) mass is 294 g/mol. The fourth-order valence-electron chi connectivity index (χ4n) is 2.71. The Morgan fingerprint density at radius 2 is 1.73 bits per heavy atom. The van der Waals surface area contributed by atoms with E-state index < -0.39 is 6.04 Å². The van der Waals surface area contributed by atoms with E-state index in [1.54, 1.807) is 0 Å². The molecule has 1 heterocycles. The van der Waals surface area contributed by atoms with E-state index in [0.29, 0.717) is 13.0 Å². The van der Waals surface area contributed by atoms with Crippen LogP contribution in [0.1, 0.15) is 16.7 Å². The van der Waals surface area contributed by atoms with Gasteiger partial charge in [0.05, 0.1) is 6.54 Å². The van der Waals surface area contributed by atoms with Crippen molar-refractivity contribution in [1.82, 2.24) is 10.2 Å². The first-order chi connectivity index (χ1) is 10.6. The van der Waals surface area contributed by atoms with Crippen molar-refractivity contribution in [2.24, 2.45) is 0 Å². The Hall–Kier alpha value is -2.62. The van der Waals surface area contributed by atoms with Crippen molar-refractivity contribution in [3.63, 3.8) is 0 Å². The SMILES string of the molecule is Cc1cccc(CN2C(=O)NC(Cc3ccccc3)C2=O)c1. The van der Waals surface area contributed by atoms with E-state index in [1.807, 2.05) is 61.5 Å². The fourth-order valence-corrected chi connectivity index (χ4v) is 2.71. The Labute approximate surface area is 129 Å². The van der Waals surface area contributed by atoms with Gasteiger partial charge in [0.15, 0.2) is 0 Å². The number of carbonyl (C=O) groups excluding carboxylic acids is 2. The van der Waals surface area contributed by atoms with Gasteiger partial charge in [-0.3, -0.25) is 9.69 Å². The maximum atomic E-state index is 12.5. The molecule has 0 aliphatic carbocycles. The number of nitrogens with zero attached hydrogens (tertiary/aromatic N) is 1. The number of rotatable bonds is 4. The zero-order valence-corrected chi connectivity index (χ0v) is 12.5. The quantitative estimate of drug-likeness (QED) is 0.881. The highest BCUT2D eigenvalue weighted by Crippen LogP contribution is 2.16. The summed E-state index contributed by atoms with van der Waals surface area (Å²) in [5.41, 5.74) is 3.12. The average molecular weight is 294 g/mol. The number of imide groups is 1. The summed E-state index contributed by atoms with van der Waals surface area (Å²) in [7, 11) is 0. The van der Waals surface area contributed by atoms with Gasteiger partial charge in [0, 0.05) is 6.42 Å². The van der Waals surface area contributed by atoms with Crippen molar-refractivity contribution in [3.05, 3.63) is 71.3 Å². The Morgan fingerprint density at radius 3 is 2.45 bits per heavy atom. The van der Waals surface area contributed by atoms with Crippen LogP contribution in [0.15, 0.2) is 54.6 Å². The number of urea groups is 1. The van der Waals surface area contributed by atoms with Gasteiger partial charge in [-0.1, -0.05) is 60.2 Å². The molecular formula is C18H18N2O2. The normalized spacial score (nSPS) is 17.7. The molecule has 1 aliphatic rings. The summed E-state index contributed by atoms with van der Waals surface area (Å²) >= 11 is 0. The molecule has 112 valence electrons. The molecule has 3 amide bonds. The minimum absolute atomic E-state index is 0.157. The average Bonchev–Trinajstić information content (AvgIpc) is 2.76. The van der Waals surface area contributed by atoms with E-state index in [2.05, 4.69) is 5.32 Å². The third kappa shape index (κ3) is 3.01. The molecule has 4 heteroatoms. The third-order valence-corrected chi connectivity index (χ3v) is 3.81. The molecule has 0 aromatic heterocycles. The van der Waals surface area contributed by atoms with Gasteiger partial charge < -0.3 is 5.32 Å².